The molecule has 0 bridgehead atoms. The molecule has 0 radical (unpaired) electrons. The smallest absolute Gasteiger partial charge is 0.410 e. The van der Waals surface area contributed by atoms with Gasteiger partial charge in [0, 0.05) is 31.3 Å². The molecule has 0 atom stereocenters. The third kappa shape index (κ3) is 7.82. The monoisotopic (exact) mass is 408 g/mol. The number of carbonyl (C=O) groups excluding carboxylic acids is 1. The molecule has 1 aromatic rings. The Morgan fingerprint density at radius 3 is 2.50 bits per heavy atom. The predicted molar refractivity (Wildman–Crippen MR) is 114 cm³/mol. The van der Waals surface area contributed by atoms with Crippen molar-refractivity contribution in [2.45, 2.75) is 50.7 Å². The van der Waals surface area contributed by atoms with Gasteiger partial charge in [-0.15, -0.1) is 6.58 Å². The molecule has 5 nitrogen and oxygen atoms in total. The van der Waals surface area contributed by atoms with Crippen LogP contribution in [0.2, 0.25) is 5.02 Å². The third-order valence-corrected chi connectivity index (χ3v) is 5.48. The fourth-order valence-electron chi connectivity index (χ4n) is 3.47. The maximum Gasteiger partial charge on any atom is 0.415 e. The van der Waals surface area contributed by atoms with Crippen molar-refractivity contribution in [2.24, 2.45) is 0 Å². The van der Waals surface area contributed by atoms with Crippen LogP contribution >= 0.6 is 11.6 Å². The van der Waals surface area contributed by atoms with Crippen LogP contribution in [0.25, 0.3) is 0 Å². The van der Waals surface area contributed by atoms with E-state index >= 15 is 0 Å². The lowest BCUT2D eigenvalue weighted by atomic mass is 9.92. The Hall–Kier alpha value is -1.56. The van der Waals surface area contributed by atoms with Crippen molar-refractivity contribution in [1.29, 1.82) is 0 Å². The zero-order chi connectivity index (χ0) is 20.4. The number of rotatable bonds is 10. The predicted octanol–water partition coefficient (Wildman–Crippen LogP) is 5.00. The molecule has 0 aliphatic heterocycles. The van der Waals surface area contributed by atoms with Gasteiger partial charge in [0.15, 0.2) is 0 Å². The molecule has 28 heavy (non-hydrogen) atoms. The summed E-state index contributed by atoms with van der Waals surface area (Å²) in [4.78, 5) is 16.3. The molecule has 1 fully saturated rings. The highest BCUT2D eigenvalue weighted by atomic mass is 35.5. The number of hydrogen-bond donors (Lipinski definition) is 0. The Bertz CT molecular complexity index is 600. The van der Waals surface area contributed by atoms with Gasteiger partial charge in [-0.2, -0.15) is 0 Å². The second kappa shape index (κ2) is 12.1. The van der Waals surface area contributed by atoms with Gasteiger partial charge in [-0.05, 0) is 76.4 Å². The molecule has 0 heterocycles. The summed E-state index contributed by atoms with van der Waals surface area (Å²) < 4.78 is 11.5. The molecule has 1 aromatic carbocycles. The lowest BCUT2D eigenvalue weighted by Gasteiger charge is -2.34. The van der Waals surface area contributed by atoms with E-state index in [9.17, 15) is 4.79 Å². The largest absolute Gasteiger partial charge is 0.415 e. The number of ether oxygens (including phenoxy) is 2. The number of halogens is 1. The van der Waals surface area contributed by atoms with Gasteiger partial charge < -0.3 is 19.3 Å². The van der Waals surface area contributed by atoms with Crippen molar-refractivity contribution in [3.8, 4) is 5.75 Å². The van der Waals surface area contributed by atoms with E-state index in [0.717, 1.165) is 58.2 Å². The molecule has 0 unspecified atom stereocenters. The Morgan fingerprint density at radius 1 is 1.18 bits per heavy atom. The average Bonchev–Trinajstić information content (AvgIpc) is 2.69. The van der Waals surface area contributed by atoms with Crippen LogP contribution in [0.4, 0.5) is 4.79 Å². The number of amides is 1. The quantitative estimate of drug-likeness (QED) is 0.403. The van der Waals surface area contributed by atoms with E-state index in [2.05, 4.69) is 18.5 Å². The molecular weight excluding hydrogens is 376 g/mol. The lowest BCUT2D eigenvalue weighted by molar-refractivity contribution is 0.0101. The van der Waals surface area contributed by atoms with E-state index in [0.29, 0.717) is 16.9 Å². The summed E-state index contributed by atoms with van der Waals surface area (Å²) in [5.41, 5.74) is 0. The lowest BCUT2D eigenvalue weighted by Crippen LogP contribution is -2.42. The van der Waals surface area contributed by atoms with E-state index in [1.807, 2.05) is 13.1 Å². The van der Waals surface area contributed by atoms with E-state index in [1.165, 1.54) is 0 Å². The first-order valence-corrected chi connectivity index (χ1v) is 10.5. The molecule has 0 N–H and O–H groups in total. The van der Waals surface area contributed by atoms with Gasteiger partial charge in [0.2, 0.25) is 0 Å². The van der Waals surface area contributed by atoms with Crippen molar-refractivity contribution >= 4 is 17.7 Å². The van der Waals surface area contributed by atoms with Crippen molar-refractivity contribution in [2.75, 3.05) is 33.8 Å². The van der Waals surface area contributed by atoms with Gasteiger partial charge in [-0.1, -0.05) is 17.7 Å². The topological polar surface area (TPSA) is 42.0 Å². The van der Waals surface area contributed by atoms with Crippen molar-refractivity contribution < 1.29 is 14.3 Å². The summed E-state index contributed by atoms with van der Waals surface area (Å²) in [6, 6.07) is 7.03. The number of nitrogens with zero attached hydrogens (tertiary/aromatic N) is 2. The number of unbranched alkanes of at least 4 members (excludes halogenated alkanes) is 1. The van der Waals surface area contributed by atoms with Gasteiger partial charge in [-0.25, -0.2) is 4.79 Å². The summed E-state index contributed by atoms with van der Waals surface area (Å²) in [7, 11) is 3.92. The van der Waals surface area contributed by atoms with E-state index in [-0.39, 0.29) is 12.1 Å². The molecule has 0 aromatic heterocycles. The maximum atomic E-state index is 12.4. The minimum absolute atomic E-state index is 0.201. The normalized spacial score (nSPS) is 19.4. The zero-order valence-electron chi connectivity index (χ0n) is 17.1. The number of carbonyl (C=O) groups is 1. The van der Waals surface area contributed by atoms with Crippen molar-refractivity contribution in [3.05, 3.63) is 41.9 Å². The third-order valence-electron chi connectivity index (χ3n) is 5.23. The van der Waals surface area contributed by atoms with Crippen LogP contribution < -0.4 is 4.74 Å². The average molecular weight is 409 g/mol. The Kier molecular flexibility index (Phi) is 9.82. The van der Waals surface area contributed by atoms with Gasteiger partial charge in [-0.3, -0.25) is 0 Å². The Balaban J connectivity index is 1.62. The van der Waals surface area contributed by atoms with Crippen LogP contribution in [0, 0.1) is 0 Å². The van der Waals surface area contributed by atoms with E-state index in [1.54, 1.807) is 29.2 Å². The molecule has 1 aliphatic rings. The molecule has 156 valence electrons. The highest BCUT2D eigenvalue weighted by molar-refractivity contribution is 6.30. The molecule has 0 saturated heterocycles. The summed E-state index contributed by atoms with van der Waals surface area (Å²) in [5.74, 6) is 0.511. The van der Waals surface area contributed by atoms with E-state index < -0.39 is 0 Å². The second-order valence-electron chi connectivity index (χ2n) is 7.49. The Morgan fingerprint density at radius 2 is 1.86 bits per heavy atom. The number of hydrogen-bond acceptors (Lipinski definition) is 4. The first-order valence-electron chi connectivity index (χ1n) is 10.1. The minimum Gasteiger partial charge on any atom is -0.410 e. The van der Waals surface area contributed by atoms with E-state index in [4.69, 9.17) is 21.1 Å². The molecule has 1 aliphatic carbocycles. The standard InChI is InChI=1S/C22H33ClN2O3/c1-4-15-24(2)16-5-6-17-27-20-13-9-19(10-14-20)25(3)22(26)28-21-11-7-18(23)8-12-21/h4,7-8,11-12,19-20H,1,5-6,9-10,13-17H2,2-3H3. The van der Waals surface area contributed by atoms with Gasteiger partial charge >= 0.3 is 6.09 Å². The molecular formula is C22H33ClN2O3. The van der Waals surface area contributed by atoms with Crippen molar-refractivity contribution in [1.82, 2.24) is 9.80 Å². The summed E-state index contributed by atoms with van der Waals surface area (Å²) in [6.07, 6.45) is 7.99. The fraction of sp³-hybridized carbons (Fsp3) is 0.591. The summed E-state index contributed by atoms with van der Waals surface area (Å²) in [5, 5.41) is 0.621. The molecule has 0 spiro atoms. The second-order valence-corrected chi connectivity index (χ2v) is 7.93. The Labute approximate surface area is 174 Å². The maximum absolute atomic E-state index is 12.4. The number of benzene rings is 1. The van der Waals surface area contributed by atoms with Crippen LogP contribution in [0.1, 0.15) is 38.5 Å². The minimum atomic E-state index is -0.324. The van der Waals surface area contributed by atoms with Crippen LogP contribution in [-0.2, 0) is 4.74 Å². The number of likely N-dealkylation sites (N-methyl/N-ethyl adjacent to an activating group) is 1. The molecule has 1 saturated carbocycles. The van der Waals surface area contributed by atoms with Gasteiger partial charge in [0.25, 0.3) is 0 Å². The van der Waals surface area contributed by atoms with Crippen LogP contribution in [0.3, 0.4) is 0 Å². The fourth-order valence-corrected chi connectivity index (χ4v) is 3.60. The molecule has 2 rings (SSSR count). The van der Waals surface area contributed by atoms with Crippen LogP contribution in [0.5, 0.6) is 5.75 Å². The first-order chi connectivity index (χ1) is 13.5. The van der Waals surface area contributed by atoms with Crippen molar-refractivity contribution in [3.63, 3.8) is 0 Å². The highest BCUT2D eigenvalue weighted by Gasteiger charge is 2.27. The SMILES string of the molecule is C=CCN(C)CCCCOC1CCC(N(C)C(=O)Oc2ccc(Cl)cc2)CC1. The zero-order valence-corrected chi connectivity index (χ0v) is 17.9. The van der Waals surface area contributed by atoms with Crippen LogP contribution in [-0.4, -0.2) is 61.8 Å². The van der Waals surface area contributed by atoms with Crippen LogP contribution in [0.15, 0.2) is 36.9 Å². The molecule has 6 heteroatoms. The summed E-state index contributed by atoms with van der Waals surface area (Å²) >= 11 is 5.86. The summed E-state index contributed by atoms with van der Waals surface area (Å²) in [6.45, 7) is 6.57. The molecule has 1 amide bonds. The first kappa shape index (κ1) is 22.7. The van der Waals surface area contributed by atoms with Gasteiger partial charge in [0.05, 0.1) is 6.10 Å². The highest BCUT2D eigenvalue weighted by Crippen LogP contribution is 2.25. The van der Waals surface area contributed by atoms with Gasteiger partial charge in [0.1, 0.15) is 5.75 Å².